The Bertz CT molecular complexity index is 885. The largest absolute Gasteiger partial charge is 0.416 e. The number of H-pyrrole nitrogens is 1. The van der Waals surface area contributed by atoms with Crippen molar-refractivity contribution in [1.82, 2.24) is 20.4 Å². The summed E-state index contributed by atoms with van der Waals surface area (Å²) < 4.78 is 53.2. The number of halogens is 4. The van der Waals surface area contributed by atoms with Gasteiger partial charge in [-0.1, -0.05) is 6.07 Å². The molecular formula is C19H20F4N4O. The van der Waals surface area contributed by atoms with Gasteiger partial charge in [-0.3, -0.25) is 9.89 Å². The number of rotatable bonds is 2. The molecule has 0 unspecified atom stereocenters. The number of aromatic nitrogens is 2. The molecule has 0 bridgehead atoms. The second-order valence-electron chi connectivity index (χ2n) is 7.25. The van der Waals surface area contributed by atoms with Crippen molar-refractivity contribution in [2.24, 2.45) is 0 Å². The predicted octanol–water partition coefficient (Wildman–Crippen LogP) is 3.23. The quantitative estimate of drug-likeness (QED) is 0.767. The predicted molar refractivity (Wildman–Crippen MR) is 93.3 cm³/mol. The van der Waals surface area contributed by atoms with E-state index in [4.69, 9.17) is 0 Å². The van der Waals surface area contributed by atoms with Crippen LogP contribution in [-0.4, -0.2) is 40.6 Å². The van der Waals surface area contributed by atoms with Crippen molar-refractivity contribution in [2.45, 2.75) is 37.9 Å². The number of alkyl halides is 3. The average Bonchev–Trinajstić information content (AvgIpc) is 3.11. The molecule has 1 amide bonds. The van der Waals surface area contributed by atoms with Crippen LogP contribution in [0.1, 0.15) is 51.6 Å². The molecule has 1 saturated heterocycles. The molecule has 0 radical (unpaired) electrons. The highest BCUT2D eigenvalue weighted by atomic mass is 19.4. The van der Waals surface area contributed by atoms with E-state index in [0.29, 0.717) is 50.7 Å². The first kappa shape index (κ1) is 18.9. The summed E-state index contributed by atoms with van der Waals surface area (Å²) >= 11 is 0. The van der Waals surface area contributed by atoms with E-state index < -0.39 is 17.6 Å². The smallest absolute Gasteiger partial charge is 0.337 e. The van der Waals surface area contributed by atoms with Gasteiger partial charge in [-0.15, -0.1) is 0 Å². The third-order valence-corrected chi connectivity index (χ3v) is 5.55. The molecule has 1 aromatic carbocycles. The summed E-state index contributed by atoms with van der Waals surface area (Å²) in [7, 11) is 0. The molecule has 5 nitrogen and oxygen atoms in total. The zero-order valence-electron chi connectivity index (χ0n) is 15.1. The molecule has 9 heteroatoms. The van der Waals surface area contributed by atoms with Crippen molar-refractivity contribution >= 4 is 5.91 Å². The van der Waals surface area contributed by atoms with Gasteiger partial charge in [0, 0.05) is 25.2 Å². The minimum atomic E-state index is -4.60. The van der Waals surface area contributed by atoms with Crippen molar-refractivity contribution in [3.63, 3.8) is 0 Å². The Morgan fingerprint density at radius 3 is 2.68 bits per heavy atom. The summed E-state index contributed by atoms with van der Waals surface area (Å²) in [5.41, 5.74) is 1.41. The second kappa shape index (κ2) is 7.20. The molecule has 0 saturated carbocycles. The highest BCUT2D eigenvalue weighted by molar-refractivity contribution is 5.94. The van der Waals surface area contributed by atoms with Gasteiger partial charge >= 0.3 is 6.18 Å². The Labute approximate surface area is 159 Å². The van der Waals surface area contributed by atoms with Crippen LogP contribution in [-0.2, 0) is 19.1 Å². The Morgan fingerprint density at radius 2 is 1.96 bits per heavy atom. The number of piperidine rings is 1. The maximum absolute atomic E-state index is 13.3. The fourth-order valence-electron chi connectivity index (χ4n) is 4.09. The summed E-state index contributed by atoms with van der Waals surface area (Å²) in [6, 6.07) is 2.83. The molecule has 0 atom stereocenters. The Morgan fingerprint density at radius 1 is 1.21 bits per heavy atom. The summed E-state index contributed by atoms with van der Waals surface area (Å²) in [5, 5.41) is 10.3. The number of hydrogen-bond acceptors (Lipinski definition) is 3. The molecule has 28 heavy (non-hydrogen) atoms. The van der Waals surface area contributed by atoms with Gasteiger partial charge in [-0.2, -0.15) is 18.3 Å². The van der Waals surface area contributed by atoms with Crippen molar-refractivity contribution in [1.29, 1.82) is 0 Å². The molecule has 150 valence electrons. The van der Waals surface area contributed by atoms with E-state index >= 15 is 0 Å². The van der Waals surface area contributed by atoms with Crippen LogP contribution in [0.15, 0.2) is 18.2 Å². The molecular weight excluding hydrogens is 376 g/mol. The molecule has 0 spiro atoms. The lowest BCUT2D eigenvalue weighted by Gasteiger charge is -2.33. The Kier molecular flexibility index (Phi) is 4.86. The van der Waals surface area contributed by atoms with E-state index in [9.17, 15) is 22.4 Å². The van der Waals surface area contributed by atoms with Crippen molar-refractivity contribution in [2.75, 3.05) is 19.6 Å². The molecule has 2 aliphatic rings. The van der Waals surface area contributed by atoms with Crippen LogP contribution in [0.5, 0.6) is 0 Å². The molecule has 2 N–H and O–H groups in total. The van der Waals surface area contributed by atoms with E-state index in [1.165, 1.54) is 6.07 Å². The van der Waals surface area contributed by atoms with Crippen molar-refractivity contribution in [3.05, 3.63) is 52.1 Å². The maximum atomic E-state index is 13.3. The van der Waals surface area contributed by atoms with Gasteiger partial charge in [0.25, 0.3) is 5.91 Å². The van der Waals surface area contributed by atoms with Crippen molar-refractivity contribution in [3.8, 4) is 0 Å². The topological polar surface area (TPSA) is 61.0 Å². The average molecular weight is 396 g/mol. The van der Waals surface area contributed by atoms with Crippen LogP contribution < -0.4 is 5.32 Å². The number of fused-ring (bicyclic) bond motifs is 1. The van der Waals surface area contributed by atoms with E-state index in [1.54, 1.807) is 4.90 Å². The van der Waals surface area contributed by atoms with Gasteiger partial charge < -0.3 is 10.2 Å². The lowest BCUT2D eigenvalue weighted by Crippen LogP contribution is -2.39. The molecule has 4 rings (SSSR count). The summed E-state index contributed by atoms with van der Waals surface area (Å²) in [4.78, 5) is 14.5. The summed E-state index contributed by atoms with van der Waals surface area (Å²) in [6.07, 6.45) is -3.09. The van der Waals surface area contributed by atoms with Gasteiger partial charge in [0.2, 0.25) is 0 Å². The Balaban J connectivity index is 1.48. The third-order valence-electron chi connectivity index (χ3n) is 5.55. The van der Waals surface area contributed by atoms with Gasteiger partial charge in [-0.05, 0) is 49.4 Å². The first-order valence-corrected chi connectivity index (χ1v) is 9.27. The summed E-state index contributed by atoms with van der Waals surface area (Å²) in [5.74, 6) is -1.45. The lowest BCUT2D eigenvalue weighted by molar-refractivity contribution is -0.138. The zero-order chi connectivity index (χ0) is 19.9. The summed E-state index contributed by atoms with van der Waals surface area (Å²) in [6.45, 7) is 2.11. The van der Waals surface area contributed by atoms with Gasteiger partial charge in [-0.25, -0.2) is 4.39 Å². The fourth-order valence-corrected chi connectivity index (χ4v) is 4.09. The number of hydrogen-bond donors (Lipinski definition) is 2. The van der Waals surface area contributed by atoms with Crippen LogP contribution in [0, 0.1) is 5.82 Å². The number of aromatic amines is 1. The zero-order valence-corrected chi connectivity index (χ0v) is 15.1. The fraction of sp³-hybridized carbons (Fsp3) is 0.474. The molecule has 2 aromatic rings. The van der Waals surface area contributed by atoms with Crippen LogP contribution in [0.2, 0.25) is 0 Å². The van der Waals surface area contributed by atoms with E-state index in [-0.39, 0.29) is 17.4 Å². The lowest BCUT2D eigenvalue weighted by atomic mass is 9.86. The molecule has 1 aromatic heterocycles. The maximum Gasteiger partial charge on any atom is 0.416 e. The molecule has 2 aliphatic heterocycles. The van der Waals surface area contributed by atoms with E-state index in [0.717, 1.165) is 23.9 Å². The van der Waals surface area contributed by atoms with E-state index in [2.05, 4.69) is 15.5 Å². The van der Waals surface area contributed by atoms with Crippen LogP contribution in [0.25, 0.3) is 0 Å². The van der Waals surface area contributed by atoms with Crippen molar-refractivity contribution < 1.29 is 22.4 Å². The number of likely N-dealkylation sites (tertiary alicyclic amines) is 1. The monoisotopic (exact) mass is 396 g/mol. The van der Waals surface area contributed by atoms with Gasteiger partial charge in [0.05, 0.1) is 11.3 Å². The van der Waals surface area contributed by atoms with Crippen LogP contribution >= 0.6 is 0 Å². The number of benzene rings is 1. The minimum Gasteiger partial charge on any atom is -0.337 e. The highest BCUT2D eigenvalue weighted by Gasteiger charge is 2.37. The van der Waals surface area contributed by atoms with Gasteiger partial charge in [0.1, 0.15) is 5.82 Å². The molecule has 1 fully saturated rings. The van der Waals surface area contributed by atoms with Crippen LogP contribution in [0.3, 0.4) is 0 Å². The third kappa shape index (κ3) is 3.50. The number of nitrogens with zero attached hydrogens (tertiary/aromatic N) is 2. The number of carbonyl (C=O) groups excluding carboxylic acids is 1. The SMILES string of the molecule is O=C(c1n[nH]c2c1CCNC2)N1CCC(c2ccc(F)cc2C(F)(F)F)CC1. The normalized spacial score (nSPS) is 18.2. The molecule has 3 heterocycles. The van der Waals surface area contributed by atoms with Crippen LogP contribution in [0.4, 0.5) is 17.6 Å². The number of carbonyl (C=O) groups is 1. The minimum absolute atomic E-state index is 0.101. The highest BCUT2D eigenvalue weighted by Crippen LogP contribution is 2.39. The second-order valence-corrected chi connectivity index (χ2v) is 7.25. The van der Waals surface area contributed by atoms with Gasteiger partial charge in [0.15, 0.2) is 5.69 Å². The first-order valence-electron chi connectivity index (χ1n) is 9.27. The molecule has 0 aliphatic carbocycles. The first-order chi connectivity index (χ1) is 13.3. The van der Waals surface area contributed by atoms with E-state index in [1.807, 2.05) is 0 Å². The number of amides is 1. The Hall–Kier alpha value is -2.42. The standard InChI is InChI=1S/C19H20F4N4O/c20-12-1-2-13(15(9-12)19(21,22)23)11-4-7-27(8-5-11)18(28)17-14-3-6-24-10-16(14)25-26-17/h1-2,9,11,24H,3-8,10H2,(H,25,26). The number of nitrogens with one attached hydrogen (secondary N) is 2.